The first-order valence-electron chi connectivity index (χ1n) is 12.8. The molecule has 1 fully saturated rings. The highest BCUT2D eigenvalue weighted by molar-refractivity contribution is 5.76. The Morgan fingerprint density at radius 2 is 1.66 bits per heavy atom. The number of alkyl carbamates (subject to hydrolysis) is 1. The molecule has 6 heteroatoms. The largest absolute Gasteiger partial charge is 0.444 e. The van der Waals surface area contributed by atoms with Gasteiger partial charge in [-0.2, -0.15) is 0 Å². The molecule has 35 heavy (non-hydrogen) atoms. The lowest BCUT2D eigenvalue weighted by atomic mass is 10.0. The second kappa shape index (κ2) is 12.7. The van der Waals surface area contributed by atoms with Gasteiger partial charge in [0.25, 0.3) is 0 Å². The molecule has 0 atom stereocenters. The van der Waals surface area contributed by atoms with Gasteiger partial charge >= 0.3 is 6.09 Å². The summed E-state index contributed by atoms with van der Waals surface area (Å²) in [5.41, 5.74) is 2.93. The van der Waals surface area contributed by atoms with E-state index < -0.39 is 11.7 Å². The van der Waals surface area contributed by atoms with Crippen molar-refractivity contribution in [2.45, 2.75) is 78.1 Å². The molecule has 1 N–H and O–H groups in total. The van der Waals surface area contributed by atoms with Crippen LogP contribution in [-0.2, 0) is 29.0 Å². The fourth-order valence-corrected chi connectivity index (χ4v) is 4.53. The summed E-state index contributed by atoms with van der Waals surface area (Å²) in [7, 11) is 0. The molecule has 1 aliphatic heterocycles. The molecular formula is C29H41N3O3. The fraction of sp³-hybridized carbons (Fsp3) is 0.517. The van der Waals surface area contributed by atoms with Gasteiger partial charge in [0.15, 0.2) is 0 Å². The zero-order valence-corrected chi connectivity index (χ0v) is 21.8. The third-order valence-electron chi connectivity index (χ3n) is 6.36. The van der Waals surface area contributed by atoms with E-state index in [4.69, 9.17) is 4.74 Å². The zero-order valence-electron chi connectivity index (χ0n) is 21.8. The van der Waals surface area contributed by atoms with Gasteiger partial charge in [-0.3, -0.25) is 4.79 Å². The molecule has 2 amide bonds. The minimum atomic E-state index is -0.524. The van der Waals surface area contributed by atoms with Crippen LogP contribution in [0, 0.1) is 0 Å². The second-order valence-electron chi connectivity index (χ2n) is 10.4. The van der Waals surface area contributed by atoms with Crippen LogP contribution in [0.2, 0.25) is 0 Å². The molecule has 0 bridgehead atoms. The highest BCUT2D eigenvalue weighted by Gasteiger charge is 2.27. The average Bonchev–Trinajstić information content (AvgIpc) is 2.84. The monoisotopic (exact) mass is 479 g/mol. The van der Waals surface area contributed by atoms with Crippen molar-refractivity contribution in [3.8, 4) is 0 Å². The van der Waals surface area contributed by atoms with Crippen LogP contribution in [0.25, 0.3) is 0 Å². The SMILES string of the molecule is CCC(=O)N(Cc1cccc(CNC(=O)OC(C)(C)C)c1)C1CCN(CCc2ccccc2)CC1. The van der Waals surface area contributed by atoms with E-state index in [1.807, 2.05) is 39.8 Å². The molecule has 0 saturated carbocycles. The average molecular weight is 480 g/mol. The number of benzene rings is 2. The van der Waals surface area contributed by atoms with Gasteiger partial charge in [-0.25, -0.2) is 4.79 Å². The Morgan fingerprint density at radius 3 is 2.31 bits per heavy atom. The number of rotatable bonds is 9. The van der Waals surface area contributed by atoms with Crippen molar-refractivity contribution in [3.63, 3.8) is 0 Å². The number of amides is 2. The van der Waals surface area contributed by atoms with Crippen molar-refractivity contribution in [1.29, 1.82) is 0 Å². The normalized spacial score (nSPS) is 15.0. The van der Waals surface area contributed by atoms with Gasteiger partial charge in [0.1, 0.15) is 5.60 Å². The van der Waals surface area contributed by atoms with Gasteiger partial charge in [-0.1, -0.05) is 61.5 Å². The lowest BCUT2D eigenvalue weighted by Gasteiger charge is -2.38. The Kier molecular flexibility index (Phi) is 9.73. The van der Waals surface area contributed by atoms with Gasteiger partial charge in [0.05, 0.1) is 0 Å². The van der Waals surface area contributed by atoms with Crippen molar-refractivity contribution >= 4 is 12.0 Å². The number of nitrogens with zero attached hydrogens (tertiary/aromatic N) is 2. The maximum Gasteiger partial charge on any atom is 0.407 e. The van der Waals surface area contributed by atoms with Crippen LogP contribution in [0.15, 0.2) is 54.6 Å². The quantitative estimate of drug-likeness (QED) is 0.540. The summed E-state index contributed by atoms with van der Waals surface area (Å²) >= 11 is 0. The number of carbonyl (C=O) groups is 2. The Morgan fingerprint density at radius 1 is 1.00 bits per heavy atom. The van der Waals surface area contributed by atoms with Crippen LogP contribution >= 0.6 is 0 Å². The van der Waals surface area contributed by atoms with E-state index in [1.54, 1.807) is 0 Å². The van der Waals surface area contributed by atoms with E-state index in [-0.39, 0.29) is 11.9 Å². The summed E-state index contributed by atoms with van der Waals surface area (Å²) in [5, 5.41) is 2.81. The van der Waals surface area contributed by atoms with Gasteiger partial charge in [-0.15, -0.1) is 0 Å². The van der Waals surface area contributed by atoms with E-state index >= 15 is 0 Å². The summed E-state index contributed by atoms with van der Waals surface area (Å²) in [5.74, 6) is 0.199. The van der Waals surface area contributed by atoms with Crippen molar-refractivity contribution in [2.75, 3.05) is 19.6 Å². The fourth-order valence-electron chi connectivity index (χ4n) is 4.53. The van der Waals surface area contributed by atoms with Crippen LogP contribution in [0.1, 0.15) is 63.6 Å². The first kappa shape index (κ1) is 26.7. The second-order valence-corrected chi connectivity index (χ2v) is 10.4. The summed E-state index contributed by atoms with van der Waals surface area (Å²) in [6.07, 6.45) is 3.15. The summed E-state index contributed by atoms with van der Waals surface area (Å²) in [6, 6.07) is 19.0. The van der Waals surface area contributed by atoms with Crippen LogP contribution in [-0.4, -0.2) is 53.1 Å². The number of piperidine rings is 1. The molecule has 0 radical (unpaired) electrons. The Labute approximate surface area is 210 Å². The number of hydrogen-bond donors (Lipinski definition) is 1. The minimum Gasteiger partial charge on any atom is -0.444 e. The molecule has 1 aliphatic rings. The standard InChI is InChI=1S/C29H41N3O3/c1-5-27(33)32(26-15-18-31(19-16-26)17-14-23-10-7-6-8-11-23)22-25-13-9-12-24(20-25)21-30-28(34)35-29(2,3)4/h6-13,20,26H,5,14-19,21-22H2,1-4H3,(H,30,34). The van der Waals surface area contributed by atoms with E-state index in [2.05, 4.69) is 57.6 Å². The van der Waals surface area contributed by atoms with E-state index in [1.165, 1.54) is 5.56 Å². The first-order valence-corrected chi connectivity index (χ1v) is 12.8. The summed E-state index contributed by atoms with van der Waals surface area (Å²) in [6.45, 7) is 11.6. The predicted octanol–water partition coefficient (Wildman–Crippen LogP) is 5.16. The highest BCUT2D eigenvalue weighted by Crippen LogP contribution is 2.21. The topological polar surface area (TPSA) is 61.9 Å². The third kappa shape index (κ3) is 9.02. The number of hydrogen-bond acceptors (Lipinski definition) is 4. The minimum absolute atomic E-state index is 0.199. The Bertz CT molecular complexity index is 947. The van der Waals surface area contributed by atoms with Crippen molar-refractivity contribution in [1.82, 2.24) is 15.1 Å². The van der Waals surface area contributed by atoms with E-state index in [0.717, 1.165) is 50.0 Å². The molecule has 3 rings (SSSR count). The lowest BCUT2D eigenvalue weighted by Crippen LogP contribution is -2.47. The number of nitrogens with one attached hydrogen (secondary N) is 1. The molecule has 1 heterocycles. The predicted molar refractivity (Wildman–Crippen MR) is 140 cm³/mol. The molecule has 2 aromatic carbocycles. The molecule has 0 unspecified atom stereocenters. The van der Waals surface area contributed by atoms with Crippen LogP contribution < -0.4 is 5.32 Å². The molecule has 190 valence electrons. The van der Waals surface area contributed by atoms with Crippen LogP contribution in [0.3, 0.4) is 0 Å². The molecule has 1 saturated heterocycles. The maximum atomic E-state index is 12.9. The third-order valence-corrected chi connectivity index (χ3v) is 6.36. The van der Waals surface area contributed by atoms with Crippen molar-refractivity contribution < 1.29 is 14.3 Å². The smallest absolute Gasteiger partial charge is 0.407 e. The Hall–Kier alpha value is -2.86. The molecular weight excluding hydrogens is 438 g/mol. The lowest BCUT2D eigenvalue weighted by molar-refractivity contribution is -0.135. The molecule has 0 spiro atoms. The summed E-state index contributed by atoms with van der Waals surface area (Å²) in [4.78, 5) is 29.5. The molecule has 0 aromatic heterocycles. The zero-order chi connectivity index (χ0) is 25.3. The van der Waals surface area contributed by atoms with Gasteiger partial charge in [0, 0.05) is 45.2 Å². The van der Waals surface area contributed by atoms with Crippen LogP contribution in [0.4, 0.5) is 4.79 Å². The molecule has 6 nitrogen and oxygen atoms in total. The Balaban J connectivity index is 1.54. The van der Waals surface area contributed by atoms with Crippen LogP contribution in [0.5, 0.6) is 0 Å². The molecule has 2 aromatic rings. The summed E-state index contributed by atoms with van der Waals surface area (Å²) < 4.78 is 5.32. The highest BCUT2D eigenvalue weighted by atomic mass is 16.6. The number of carbonyl (C=O) groups excluding carboxylic acids is 2. The molecule has 0 aliphatic carbocycles. The van der Waals surface area contributed by atoms with Gasteiger partial charge in [0.2, 0.25) is 5.91 Å². The van der Waals surface area contributed by atoms with Crippen molar-refractivity contribution in [3.05, 3.63) is 71.3 Å². The number of ether oxygens (including phenoxy) is 1. The van der Waals surface area contributed by atoms with Crippen molar-refractivity contribution in [2.24, 2.45) is 0 Å². The van der Waals surface area contributed by atoms with Gasteiger partial charge in [-0.05, 0) is 56.7 Å². The van der Waals surface area contributed by atoms with E-state index in [9.17, 15) is 9.59 Å². The van der Waals surface area contributed by atoms with E-state index in [0.29, 0.717) is 19.5 Å². The first-order chi connectivity index (χ1) is 16.7. The number of likely N-dealkylation sites (tertiary alicyclic amines) is 1. The van der Waals surface area contributed by atoms with Gasteiger partial charge < -0.3 is 19.9 Å². The maximum absolute atomic E-state index is 12.9.